The van der Waals surface area contributed by atoms with Gasteiger partial charge in [-0.25, -0.2) is 0 Å². The third-order valence-electron chi connectivity index (χ3n) is 3.69. The molecule has 0 radical (unpaired) electrons. The summed E-state index contributed by atoms with van der Waals surface area (Å²) in [6.07, 6.45) is 7.27. The standard InChI is InChI=1S/C16H25NS/c1-3-7-15(8-4-1)13-17-11-12-18-14-16-9-5-2-6-10-16/h2,5-6,9-10,15,17H,1,3-4,7-8,11-14H2. The Balaban J connectivity index is 1.46. The minimum Gasteiger partial charge on any atom is -0.316 e. The first kappa shape index (κ1) is 14.0. The van der Waals surface area contributed by atoms with E-state index in [1.54, 1.807) is 0 Å². The first-order valence-corrected chi connectivity index (χ1v) is 8.43. The summed E-state index contributed by atoms with van der Waals surface area (Å²) in [4.78, 5) is 0. The fourth-order valence-corrected chi connectivity index (χ4v) is 3.47. The Labute approximate surface area is 116 Å². The van der Waals surface area contributed by atoms with Crippen molar-refractivity contribution in [3.05, 3.63) is 35.9 Å². The summed E-state index contributed by atoms with van der Waals surface area (Å²) in [5.74, 6) is 3.32. The largest absolute Gasteiger partial charge is 0.316 e. The Morgan fingerprint density at radius 2 is 1.83 bits per heavy atom. The van der Waals surface area contributed by atoms with Crippen molar-refractivity contribution < 1.29 is 0 Å². The van der Waals surface area contributed by atoms with E-state index < -0.39 is 0 Å². The molecule has 1 N–H and O–H groups in total. The van der Waals surface area contributed by atoms with Gasteiger partial charge in [0.2, 0.25) is 0 Å². The van der Waals surface area contributed by atoms with Crippen LogP contribution in [0.4, 0.5) is 0 Å². The molecule has 0 spiro atoms. The normalized spacial score (nSPS) is 16.9. The molecule has 0 aliphatic heterocycles. The Bertz CT molecular complexity index is 306. The van der Waals surface area contributed by atoms with E-state index in [2.05, 4.69) is 35.6 Å². The predicted molar refractivity (Wildman–Crippen MR) is 82.0 cm³/mol. The van der Waals surface area contributed by atoms with Crippen LogP contribution in [0.3, 0.4) is 0 Å². The highest BCUT2D eigenvalue weighted by atomic mass is 32.2. The maximum absolute atomic E-state index is 3.62. The van der Waals surface area contributed by atoms with Gasteiger partial charge in [0.1, 0.15) is 0 Å². The quantitative estimate of drug-likeness (QED) is 0.744. The van der Waals surface area contributed by atoms with Gasteiger partial charge in [-0.1, -0.05) is 49.6 Å². The molecule has 18 heavy (non-hydrogen) atoms. The van der Waals surface area contributed by atoms with Crippen molar-refractivity contribution >= 4 is 11.8 Å². The maximum Gasteiger partial charge on any atom is 0.0185 e. The third kappa shape index (κ3) is 5.45. The molecule has 1 nitrogen and oxygen atoms in total. The van der Waals surface area contributed by atoms with E-state index in [0.29, 0.717) is 0 Å². The molecular formula is C16H25NS. The van der Waals surface area contributed by atoms with Gasteiger partial charge in [0.25, 0.3) is 0 Å². The Hall–Kier alpha value is -0.470. The van der Waals surface area contributed by atoms with Crippen molar-refractivity contribution in [1.29, 1.82) is 0 Å². The zero-order valence-corrected chi connectivity index (χ0v) is 12.1. The zero-order valence-electron chi connectivity index (χ0n) is 11.2. The lowest BCUT2D eigenvalue weighted by Crippen LogP contribution is -2.26. The lowest BCUT2D eigenvalue weighted by atomic mass is 9.89. The predicted octanol–water partition coefficient (Wildman–Crippen LogP) is 4.09. The second-order valence-corrected chi connectivity index (χ2v) is 6.35. The summed E-state index contributed by atoms with van der Waals surface area (Å²) in [5.41, 5.74) is 1.44. The lowest BCUT2D eigenvalue weighted by molar-refractivity contribution is 0.345. The molecule has 0 heterocycles. The van der Waals surface area contributed by atoms with Crippen molar-refractivity contribution in [2.24, 2.45) is 5.92 Å². The molecule has 2 heteroatoms. The molecule has 1 aliphatic carbocycles. The van der Waals surface area contributed by atoms with E-state index in [9.17, 15) is 0 Å². The molecule has 1 aromatic rings. The molecule has 1 aromatic carbocycles. The Morgan fingerprint density at radius 1 is 1.06 bits per heavy atom. The number of nitrogens with one attached hydrogen (secondary N) is 1. The molecule has 1 fully saturated rings. The molecule has 0 saturated heterocycles. The Morgan fingerprint density at radius 3 is 2.61 bits per heavy atom. The number of hydrogen-bond acceptors (Lipinski definition) is 2. The van der Waals surface area contributed by atoms with Crippen LogP contribution in [0.25, 0.3) is 0 Å². The van der Waals surface area contributed by atoms with Gasteiger partial charge >= 0.3 is 0 Å². The SMILES string of the molecule is c1ccc(CSCCNCC2CCCCC2)cc1. The third-order valence-corrected chi connectivity index (χ3v) is 4.72. The fraction of sp³-hybridized carbons (Fsp3) is 0.625. The monoisotopic (exact) mass is 263 g/mol. The lowest BCUT2D eigenvalue weighted by Gasteiger charge is -2.21. The van der Waals surface area contributed by atoms with E-state index in [0.717, 1.165) is 18.2 Å². The fourth-order valence-electron chi connectivity index (χ4n) is 2.61. The van der Waals surface area contributed by atoms with E-state index in [1.165, 1.54) is 50.0 Å². The highest BCUT2D eigenvalue weighted by Crippen LogP contribution is 2.22. The number of hydrogen-bond donors (Lipinski definition) is 1. The number of benzene rings is 1. The van der Waals surface area contributed by atoms with Crippen LogP contribution in [-0.4, -0.2) is 18.8 Å². The highest BCUT2D eigenvalue weighted by molar-refractivity contribution is 7.98. The van der Waals surface area contributed by atoms with E-state index >= 15 is 0 Å². The summed E-state index contributed by atoms with van der Waals surface area (Å²) in [5, 5.41) is 3.62. The minimum atomic E-state index is 0.956. The van der Waals surface area contributed by atoms with Gasteiger partial charge in [0.05, 0.1) is 0 Å². The van der Waals surface area contributed by atoms with Crippen LogP contribution in [0.15, 0.2) is 30.3 Å². The molecule has 0 amide bonds. The van der Waals surface area contributed by atoms with Crippen molar-refractivity contribution in [2.45, 2.75) is 37.9 Å². The smallest absolute Gasteiger partial charge is 0.0185 e. The van der Waals surface area contributed by atoms with Crippen molar-refractivity contribution in [2.75, 3.05) is 18.8 Å². The highest BCUT2D eigenvalue weighted by Gasteiger charge is 2.12. The first-order valence-electron chi connectivity index (χ1n) is 7.27. The van der Waals surface area contributed by atoms with Crippen LogP contribution in [0.1, 0.15) is 37.7 Å². The molecule has 1 saturated carbocycles. The number of thioether (sulfide) groups is 1. The van der Waals surface area contributed by atoms with Crippen LogP contribution in [-0.2, 0) is 5.75 Å². The van der Waals surface area contributed by atoms with Crippen LogP contribution in [0.2, 0.25) is 0 Å². The molecule has 0 unspecified atom stereocenters. The Kier molecular flexibility index (Phi) is 6.67. The van der Waals surface area contributed by atoms with Crippen LogP contribution in [0.5, 0.6) is 0 Å². The van der Waals surface area contributed by atoms with Gasteiger partial charge in [-0.15, -0.1) is 0 Å². The molecule has 100 valence electrons. The van der Waals surface area contributed by atoms with E-state index in [-0.39, 0.29) is 0 Å². The molecule has 0 bridgehead atoms. The molecule has 0 atom stereocenters. The van der Waals surface area contributed by atoms with Gasteiger partial charge in [0, 0.05) is 18.1 Å². The van der Waals surface area contributed by atoms with Crippen molar-refractivity contribution in [1.82, 2.24) is 5.32 Å². The summed E-state index contributed by atoms with van der Waals surface area (Å²) < 4.78 is 0. The molecule has 0 aromatic heterocycles. The van der Waals surface area contributed by atoms with Crippen LogP contribution < -0.4 is 5.32 Å². The maximum atomic E-state index is 3.62. The summed E-state index contributed by atoms with van der Waals surface area (Å²) in [6, 6.07) is 10.7. The zero-order chi connectivity index (χ0) is 12.5. The molecule has 2 rings (SSSR count). The van der Waals surface area contributed by atoms with Gasteiger partial charge in [-0.3, -0.25) is 0 Å². The molecular weight excluding hydrogens is 238 g/mol. The number of rotatable bonds is 7. The van der Waals surface area contributed by atoms with Crippen LogP contribution in [0, 0.1) is 5.92 Å². The van der Waals surface area contributed by atoms with Gasteiger partial charge < -0.3 is 5.32 Å². The van der Waals surface area contributed by atoms with Crippen molar-refractivity contribution in [3.8, 4) is 0 Å². The molecule has 1 aliphatic rings. The summed E-state index contributed by atoms with van der Waals surface area (Å²) in [6.45, 7) is 2.40. The second kappa shape index (κ2) is 8.60. The van der Waals surface area contributed by atoms with Crippen molar-refractivity contribution in [3.63, 3.8) is 0 Å². The van der Waals surface area contributed by atoms with Gasteiger partial charge in [-0.05, 0) is 30.9 Å². The van der Waals surface area contributed by atoms with E-state index in [4.69, 9.17) is 0 Å². The topological polar surface area (TPSA) is 12.0 Å². The summed E-state index contributed by atoms with van der Waals surface area (Å²) >= 11 is 2.03. The van der Waals surface area contributed by atoms with Gasteiger partial charge in [-0.2, -0.15) is 11.8 Å². The first-order chi connectivity index (χ1) is 8.95. The van der Waals surface area contributed by atoms with Crippen LogP contribution >= 0.6 is 11.8 Å². The summed E-state index contributed by atoms with van der Waals surface area (Å²) in [7, 11) is 0. The average Bonchev–Trinajstić information content (AvgIpc) is 2.45. The second-order valence-electron chi connectivity index (χ2n) is 5.25. The minimum absolute atomic E-state index is 0.956. The van der Waals surface area contributed by atoms with Gasteiger partial charge in [0.15, 0.2) is 0 Å². The van der Waals surface area contributed by atoms with E-state index in [1.807, 2.05) is 11.8 Å². The average molecular weight is 263 g/mol.